The molecule has 0 fully saturated rings. The van der Waals surface area contributed by atoms with Crippen LogP contribution in [0.15, 0.2) is 47.8 Å². The average molecular weight is 407 g/mol. The Labute approximate surface area is 176 Å². The molecule has 0 radical (unpaired) electrons. The zero-order valence-electron chi connectivity index (χ0n) is 17.1. The average Bonchev–Trinajstić information content (AvgIpc) is 3.39. The molecule has 6 heteroatoms. The van der Waals surface area contributed by atoms with E-state index in [1.807, 2.05) is 19.2 Å². The van der Waals surface area contributed by atoms with Crippen LogP contribution >= 0.6 is 11.3 Å². The SMILES string of the molecule is CCc1csc(-c2ccc(C)c(NCC(=O)N(C)N3Cc4ccccc4C3)c2)n1. The first-order chi connectivity index (χ1) is 14.0. The number of likely N-dealkylation sites (N-methyl/N-ethyl adjacent to an activating group) is 1. The Kier molecular flexibility index (Phi) is 5.65. The van der Waals surface area contributed by atoms with E-state index in [9.17, 15) is 4.79 Å². The van der Waals surface area contributed by atoms with E-state index >= 15 is 0 Å². The number of fused-ring (bicyclic) bond motifs is 1. The number of amides is 1. The Balaban J connectivity index is 1.41. The van der Waals surface area contributed by atoms with Crippen LogP contribution in [0.2, 0.25) is 0 Å². The molecule has 5 nitrogen and oxygen atoms in total. The highest BCUT2D eigenvalue weighted by Crippen LogP contribution is 2.28. The highest BCUT2D eigenvalue weighted by atomic mass is 32.1. The normalized spacial score (nSPS) is 13.3. The van der Waals surface area contributed by atoms with Gasteiger partial charge in [-0.15, -0.1) is 11.3 Å². The summed E-state index contributed by atoms with van der Waals surface area (Å²) in [6.07, 6.45) is 0.939. The number of hydrogen-bond acceptors (Lipinski definition) is 5. The number of nitrogens with one attached hydrogen (secondary N) is 1. The van der Waals surface area contributed by atoms with Crippen molar-refractivity contribution in [1.29, 1.82) is 0 Å². The largest absolute Gasteiger partial charge is 0.376 e. The van der Waals surface area contributed by atoms with Crippen LogP contribution in [0.1, 0.15) is 29.3 Å². The summed E-state index contributed by atoms with van der Waals surface area (Å²) in [6, 6.07) is 14.6. The van der Waals surface area contributed by atoms with Gasteiger partial charge < -0.3 is 5.32 Å². The molecule has 2 heterocycles. The van der Waals surface area contributed by atoms with Crippen LogP contribution < -0.4 is 5.32 Å². The third-order valence-corrected chi connectivity index (χ3v) is 6.38. The van der Waals surface area contributed by atoms with E-state index in [2.05, 4.69) is 64.9 Å². The van der Waals surface area contributed by atoms with Gasteiger partial charge in [0.1, 0.15) is 5.01 Å². The number of hydrogen-bond donors (Lipinski definition) is 1. The van der Waals surface area contributed by atoms with E-state index in [1.54, 1.807) is 16.3 Å². The summed E-state index contributed by atoms with van der Waals surface area (Å²) in [6.45, 7) is 5.97. The highest BCUT2D eigenvalue weighted by molar-refractivity contribution is 7.13. The van der Waals surface area contributed by atoms with Crippen molar-refractivity contribution in [3.05, 3.63) is 70.2 Å². The first kappa shape index (κ1) is 19.6. The predicted octanol–water partition coefficient (Wildman–Crippen LogP) is 4.48. The molecule has 0 spiro atoms. The lowest BCUT2D eigenvalue weighted by Gasteiger charge is -2.28. The molecule has 0 aliphatic carbocycles. The molecule has 0 bridgehead atoms. The van der Waals surface area contributed by atoms with Crippen molar-refractivity contribution in [2.45, 2.75) is 33.4 Å². The monoisotopic (exact) mass is 406 g/mol. The maximum atomic E-state index is 12.8. The second kappa shape index (κ2) is 8.35. The second-order valence-corrected chi connectivity index (χ2v) is 8.25. The molecule has 0 atom stereocenters. The number of thiazole rings is 1. The Morgan fingerprint density at radius 3 is 2.59 bits per heavy atom. The standard InChI is InChI=1S/C23H26N4OS/c1-4-20-15-29-23(25-20)17-10-9-16(2)21(11-17)24-12-22(28)26(3)27-13-18-7-5-6-8-19(18)14-27/h5-11,15,24H,4,12-14H2,1-3H3. The molecule has 150 valence electrons. The lowest BCUT2D eigenvalue weighted by atomic mass is 10.1. The number of carbonyl (C=O) groups is 1. The molecule has 0 saturated heterocycles. The van der Waals surface area contributed by atoms with Crippen LogP contribution in [0, 0.1) is 6.92 Å². The number of nitrogens with zero attached hydrogens (tertiary/aromatic N) is 3. The summed E-state index contributed by atoms with van der Waals surface area (Å²) in [4.78, 5) is 17.4. The second-order valence-electron chi connectivity index (χ2n) is 7.39. The molecular formula is C23H26N4OS. The summed E-state index contributed by atoms with van der Waals surface area (Å²) in [5.74, 6) is 0.0464. The first-order valence-corrected chi connectivity index (χ1v) is 10.8. The molecule has 1 aliphatic rings. The van der Waals surface area contributed by atoms with Crippen molar-refractivity contribution in [2.75, 3.05) is 18.9 Å². The van der Waals surface area contributed by atoms with Gasteiger partial charge in [-0.1, -0.05) is 43.3 Å². The van der Waals surface area contributed by atoms with Gasteiger partial charge in [0.15, 0.2) is 0 Å². The van der Waals surface area contributed by atoms with Crippen molar-refractivity contribution in [2.24, 2.45) is 0 Å². The van der Waals surface area contributed by atoms with Crippen molar-refractivity contribution in [1.82, 2.24) is 15.0 Å². The number of anilines is 1. The molecule has 1 amide bonds. The van der Waals surface area contributed by atoms with Crippen LogP contribution in [0.25, 0.3) is 10.6 Å². The van der Waals surface area contributed by atoms with E-state index in [4.69, 9.17) is 0 Å². The fourth-order valence-corrected chi connectivity index (χ4v) is 4.42. The number of aryl methyl sites for hydroxylation is 2. The number of hydrazine groups is 1. The Hall–Kier alpha value is -2.70. The third kappa shape index (κ3) is 4.18. The highest BCUT2D eigenvalue weighted by Gasteiger charge is 2.24. The molecule has 2 aromatic carbocycles. The van der Waals surface area contributed by atoms with Gasteiger partial charge in [0.05, 0.1) is 12.2 Å². The molecule has 1 aromatic heterocycles. The van der Waals surface area contributed by atoms with Gasteiger partial charge in [-0.3, -0.25) is 9.80 Å². The Bertz CT molecular complexity index is 1000. The molecule has 4 rings (SSSR count). The quantitative estimate of drug-likeness (QED) is 0.656. The van der Waals surface area contributed by atoms with E-state index in [0.29, 0.717) is 0 Å². The van der Waals surface area contributed by atoms with Gasteiger partial charge in [-0.25, -0.2) is 9.99 Å². The van der Waals surface area contributed by atoms with E-state index in [0.717, 1.165) is 47.0 Å². The number of rotatable bonds is 6. The minimum absolute atomic E-state index is 0.0464. The number of benzene rings is 2. The number of carbonyl (C=O) groups excluding carboxylic acids is 1. The van der Waals surface area contributed by atoms with Gasteiger partial charge >= 0.3 is 0 Å². The lowest BCUT2D eigenvalue weighted by molar-refractivity contribution is -0.144. The summed E-state index contributed by atoms with van der Waals surface area (Å²) < 4.78 is 0. The topological polar surface area (TPSA) is 48.5 Å². The molecule has 1 N–H and O–H groups in total. The van der Waals surface area contributed by atoms with Crippen molar-refractivity contribution in [3.63, 3.8) is 0 Å². The smallest absolute Gasteiger partial charge is 0.255 e. The molecule has 0 unspecified atom stereocenters. The van der Waals surface area contributed by atoms with Gasteiger partial charge in [-0.05, 0) is 36.1 Å². The summed E-state index contributed by atoms with van der Waals surface area (Å²) in [5.41, 5.74) is 6.87. The lowest BCUT2D eigenvalue weighted by Crippen LogP contribution is -2.43. The first-order valence-electron chi connectivity index (χ1n) is 9.92. The van der Waals surface area contributed by atoms with Gasteiger partial charge in [-0.2, -0.15) is 0 Å². The summed E-state index contributed by atoms with van der Waals surface area (Å²) >= 11 is 1.66. The predicted molar refractivity (Wildman–Crippen MR) is 119 cm³/mol. The third-order valence-electron chi connectivity index (χ3n) is 5.44. The van der Waals surface area contributed by atoms with Crippen LogP contribution in [-0.4, -0.2) is 34.5 Å². The molecule has 1 aliphatic heterocycles. The fraction of sp³-hybridized carbons (Fsp3) is 0.304. The molecule has 29 heavy (non-hydrogen) atoms. The van der Waals surface area contributed by atoms with Crippen LogP contribution in [0.5, 0.6) is 0 Å². The maximum Gasteiger partial charge on any atom is 0.255 e. The van der Waals surface area contributed by atoms with E-state index in [1.165, 1.54) is 11.1 Å². The zero-order chi connectivity index (χ0) is 20.4. The Morgan fingerprint density at radius 1 is 1.21 bits per heavy atom. The van der Waals surface area contributed by atoms with Crippen LogP contribution in [0.3, 0.4) is 0 Å². The van der Waals surface area contributed by atoms with Gasteiger partial charge in [0, 0.05) is 36.8 Å². The maximum absolute atomic E-state index is 12.8. The van der Waals surface area contributed by atoms with Gasteiger partial charge in [0.2, 0.25) is 0 Å². The van der Waals surface area contributed by atoms with Crippen LogP contribution in [0.4, 0.5) is 5.69 Å². The summed E-state index contributed by atoms with van der Waals surface area (Å²) in [5, 5.41) is 10.3. The minimum atomic E-state index is 0.0464. The van der Waals surface area contributed by atoms with Crippen molar-refractivity contribution < 1.29 is 4.79 Å². The minimum Gasteiger partial charge on any atom is -0.376 e. The molecule has 0 saturated carbocycles. The Morgan fingerprint density at radius 2 is 1.93 bits per heavy atom. The van der Waals surface area contributed by atoms with Crippen molar-refractivity contribution in [3.8, 4) is 10.6 Å². The van der Waals surface area contributed by atoms with Gasteiger partial charge in [0.25, 0.3) is 5.91 Å². The zero-order valence-corrected chi connectivity index (χ0v) is 17.9. The van der Waals surface area contributed by atoms with E-state index < -0.39 is 0 Å². The van der Waals surface area contributed by atoms with Crippen molar-refractivity contribution >= 4 is 22.9 Å². The fourth-order valence-electron chi connectivity index (χ4n) is 3.52. The van der Waals surface area contributed by atoms with Crippen LogP contribution in [-0.2, 0) is 24.3 Å². The summed E-state index contributed by atoms with van der Waals surface area (Å²) in [7, 11) is 1.85. The molecule has 3 aromatic rings. The van der Waals surface area contributed by atoms with E-state index in [-0.39, 0.29) is 12.5 Å². The molecular weight excluding hydrogens is 380 g/mol. The number of aromatic nitrogens is 1.